The average molecular weight is 489 g/mol. The highest BCUT2D eigenvalue weighted by Gasteiger charge is 2.51. The van der Waals surface area contributed by atoms with Crippen LogP contribution in [0.5, 0.6) is 0 Å². The molecule has 0 amide bonds. The van der Waals surface area contributed by atoms with E-state index >= 15 is 4.39 Å². The zero-order valence-corrected chi connectivity index (χ0v) is 19.2. The first-order valence-corrected chi connectivity index (χ1v) is 12.6. The van der Waals surface area contributed by atoms with Crippen molar-refractivity contribution in [2.75, 3.05) is 11.4 Å². The summed E-state index contributed by atoms with van der Waals surface area (Å²) in [7, 11) is -3.78. The van der Waals surface area contributed by atoms with Crippen LogP contribution in [-0.4, -0.2) is 40.4 Å². The van der Waals surface area contributed by atoms with Gasteiger partial charge in [-0.2, -0.15) is 17.5 Å². The lowest BCUT2D eigenvalue weighted by molar-refractivity contribution is -0.0492. The molecule has 33 heavy (non-hydrogen) atoms. The molecule has 1 saturated carbocycles. The third-order valence-electron chi connectivity index (χ3n) is 6.67. The van der Waals surface area contributed by atoms with Gasteiger partial charge in [0, 0.05) is 32.4 Å². The minimum atomic E-state index is -5.58. The Morgan fingerprint density at radius 3 is 2.52 bits per heavy atom. The van der Waals surface area contributed by atoms with Gasteiger partial charge in [-0.1, -0.05) is 37.8 Å². The standard InChI is InChI=1S/C22H28F4N4O2S/c1-28-12-18(27-15-28)13-30-19(10-9-16-5-2-3-6-16)14-29(33(31,32)22(24,25)26)11-17-7-4-8-20(23)21(17)30/h4,7-8,12,15-16,19H,2-3,5-6,9-11,13-14H2,1H3. The van der Waals surface area contributed by atoms with Gasteiger partial charge in [-0.3, -0.25) is 0 Å². The second-order valence-corrected chi connectivity index (χ2v) is 11.0. The highest BCUT2D eigenvalue weighted by Crippen LogP contribution is 2.38. The van der Waals surface area contributed by atoms with Gasteiger partial charge in [-0.25, -0.2) is 17.8 Å². The van der Waals surface area contributed by atoms with Crippen molar-refractivity contribution in [1.29, 1.82) is 0 Å². The van der Waals surface area contributed by atoms with Crippen LogP contribution in [-0.2, 0) is 30.2 Å². The average Bonchev–Trinajstić information content (AvgIpc) is 3.36. The van der Waals surface area contributed by atoms with Gasteiger partial charge in [-0.05, 0) is 30.4 Å². The molecule has 1 atom stereocenters. The minimum absolute atomic E-state index is 0.152. The number of alkyl halides is 3. The van der Waals surface area contributed by atoms with Crippen LogP contribution in [0.2, 0.25) is 0 Å². The maximum absolute atomic E-state index is 15.1. The number of aryl methyl sites for hydroxylation is 1. The Bertz CT molecular complexity index is 1080. The highest BCUT2D eigenvalue weighted by atomic mass is 32.2. The summed E-state index contributed by atoms with van der Waals surface area (Å²) in [4.78, 5) is 6.03. The molecule has 2 heterocycles. The lowest BCUT2D eigenvalue weighted by Crippen LogP contribution is -2.47. The highest BCUT2D eigenvalue weighted by molar-refractivity contribution is 7.89. The molecule has 1 aromatic heterocycles. The lowest BCUT2D eigenvalue weighted by Gasteiger charge is -2.34. The number of sulfonamides is 1. The zero-order valence-electron chi connectivity index (χ0n) is 18.4. The van der Waals surface area contributed by atoms with E-state index in [2.05, 4.69) is 4.98 Å². The third-order valence-corrected chi connectivity index (χ3v) is 8.21. The summed E-state index contributed by atoms with van der Waals surface area (Å²) in [5.74, 6) is -0.127. The molecule has 0 N–H and O–H groups in total. The van der Waals surface area contributed by atoms with Gasteiger partial charge in [0.1, 0.15) is 5.82 Å². The summed E-state index contributed by atoms with van der Waals surface area (Å²) in [5, 5.41) is 0. The molecular weight excluding hydrogens is 460 g/mol. The Labute approximate surface area is 191 Å². The lowest BCUT2D eigenvalue weighted by atomic mass is 9.97. The van der Waals surface area contributed by atoms with E-state index in [0.717, 1.165) is 32.1 Å². The fourth-order valence-electron chi connectivity index (χ4n) is 5.02. The normalized spacial score (nSPS) is 20.8. The van der Waals surface area contributed by atoms with Crippen molar-refractivity contribution in [3.63, 3.8) is 0 Å². The molecule has 182 valence electrons. The van der Waals surface area contributed by atoms with E-state index in [1.165, 1.54) is 18.2 Å². The molecule has 1 unspecified atom stereocenters. The zero-order chi connectivity index (χ0) is 23.8. The number of fused-ring (bicyclic) bond motifs is 1. The second-order valence-electron chi connectivity index (χ2n) is 9.03. The van der Waals surface area contributed by atoms with Crippen molar-refractivity contribution in [3.8, 4) is 0 Å². The molecule has 0 saturated heterocycles. The number of halogens is 4. The first-order valence-electron chi connectivity index (χ1n) is 11.1. The van der Waals surface area contributed by atoms with Crippen LogP contribution in [0.4, 0.5) is 23.2 Å². The molecule has 0 bridgehead atoms. The van der Waals surface area contributed by atoms with E-state index in [1.807, 2.05) is 0 Å². The smallest absolute Gasteiger partial charge is 0.359 e. The summed E-state index contributed by atoms with van der Waals surface area (Å²) in [6, 6.07) is 3.52. The van der Waals surface area contributed by atoms with Crippen molar-refractivity contribution in [2.45, 2.75) is 63.2 Å². The molecule has 4 rings (SSSR count). The SMILES string of the molecule is Cn1cnc(CN2c3c(F)cccc3CN(S(=O)(=O)C(F)(F)F)CC2CCC2CCCC2)c1. The van der Waals surface area contributed by atoms with Crippen LogP contribution in [0.15, 0.2) is 30.7 Å². The Kier molecular flexibility index (Phi) is 6.73. The number of hydrogen-bond acceptors (Lipinski definition) is 4. The predicted molar refractivity (Wildman–Crippen MR) is 116 cm³/mol. The van der Waals surface area contributed by atoms with E-state index in [1.54, 1.807) is 29.0 Å². The number of para-hydroxylation sites is 1. The molecule has 1 aromatic carbocycles. The maximum atomic E-state index is 15.1. The van der Waals surface area contributed by atoms with Crippen LogP contribution >= 0.6 is 0 Å². The minimum Gasteiger partial charge on any atom is -0.359 e. The summed E-state index contributed by atoms with van der Waals surface area (Å²) in [5.41, 5.74) is -4.43. The maximum Gasteiger partial charge on any atom is 0.511 e. The van der Waals surface area contributed by atoms with Crippen LogP contribution < -0.4 is 4.90 Å². The van der Waals surface area contributed by atoms with Crippen molar-refractivity contribution in [3.05, 3.63) is 47.8 Å². The van der Waals surface area contributed by atoms with Crippen molar-refractivity contribution >= 4 is 15.7 Å². The van der Waals surface area contributed by atoms with Gasteiger partial charge in [0.2, 0.25) is 0 Å². The molecule has 1 fully saturated rings. The molecule has 1 aliphatic heterocycles. The fraction of sp³-hybridized carbons (Fsp3) is 0.591. The van der Waals surface area contributed by atoms with Gasteiger partial charge in [0.25, 0.3) is 0 Å². The van der Waals surface area contributed by atoms with E-state index in [0.29, 0.717) is 22.3 Å². The van der Waals surface area contributed by atoms with E-state index < -0.39 is 33.9 Å². The molecular formula is C22H28F4N4O2S. The molecule has 1 aliphatic carbocycles. The molecule has 0 spiro atoms. The number of hydrogen-bond donors (Lipinski definition) is 0. The Morgan fingerprint density at radius 2 is 1.88 bits per heavy atom. The van der Waals surface area contributed by atoms with Gasteiger partial charge in [-0.15, -0.1) is 0 Å². The first-order chi connectivity index (χ1) is 15.6. The predicted octanol–water partition coefficient (Wildman–Crippen LogP) is 4.57. The number of benzene rings is 1. The number of imidazole rings is 1. The topological polar surface area (TPSA) is 58.4 Å². The molecule has 6 nitrogen and oxygen atoms in total. The van der Waals surface area contributed by atoms with Crippen LogP contribution in [0.3, 0.4) is 0 Å². The van der Waals surface area contributed by atoms with Gasteiger partial charge >= 0.3 is 15.5 Å². The number of rotatable bonds is 6. The van der Waals surface area contributed by atoms with E-state index in [-0.39, 0.29) is 24.3 Å². The number of aromatic nitrogens is 2. The van der Waals surface area contributed by atoms with Crippen LogP contribution in [0, 0.1) is 11.7 Å². The van der Waals surface area contributed by atoms with Crippen LogP contribution in [0.25, 0.3) is 0 Å². The quantitative estimate of drug-likeness (QED) is 0.559. The fourth-order valence-corrected chi connectivity index (χ4v) is 5.99. The Balaban J connectivity index is 1.75. The Hall–Kier alpha value is -2.14. The van der Waals surface area contributed by atoms with E-state index in [4.69, 9.17) is 0 Å². The largest absolute Gasteiger partial charge is 0.511 e. The van der Waals surface area contributed by atoms with Gasteiger partial charge in [0.15, 0.2) is 0 Å². The van der Waals surface area contributed by atoms with Crippen molar-refractivity contribution in [2.24, 2.45) is 13.0 Å². The third kappa shape index (κ3) is 5.03. The van der Waals surface area contributed by atoms with Crippen molar-refractivity contribution < 1.29 is 26.0 Å². The summed E-state index contributed by atoms with van der Waals surface area (Å²) in [6.07, 6.45) is 8.96. The van der Waals surface area contributed by atoms with Crippen molar-refractivity contribution in [1.82, 2.24) is 13.9 Å². The van der Waals surface area contributed by atoms with E-state index in [9.17, 15) is 21.6 Å². The van der Waals surface area contributed by atoms with Gasteiger partial charge < -0.3 is 9.47 Å². The molecule has 2 aromatic rings. The van der Waals surface area contributed by atoms with Gasteiger partial charge in [0.05, 0.1) is 24.3 Å². The first kappa shape index (κ1) is 24.0. The number of anilines is 1. The molecule has 11 heteroatoms. The molecule has 2 aliphatic rings. The number of nitrogens with zero attached hydrogens (tertiary/aromatic N) is 4. The van der Waals surface area contributed by atoms with Crippen LogP contribution in [0.1, 0.15) is 49.8 Å². The summed E-state index contributed by atoms with van der Waals surface area (Å²) >= 11 is 0. The second kappa shape index (κ2) is 9.25. The summed E-state index contributed by atoms with van der Waals surface area (Å²) < 4.78 is 82.6. The Morgan fingerprint density at radius 1 is 1.15 bits per heavy atom. The molecule has 0 radical (unpaired) electrons. The summed E-state index contributed by atoms with van der Waals surface area (Å²) in [6.45, 7) is -0.729. The monoisotopic (exact) mass is 488 g/mol.